The largest absolute Gasteiger partial charge is 0.497 e. The molecule has 2 aliphatic rings. The second-order valence-corrected chi connectivity index (χ2v) is 7.40. The lowest BCUT2D eigenvalue weighted by Crippen LogP contribution is -2.31. The van der Waals surface area contributed by atoms with E-state index in [4.69, 9.17) is 18.9 Å². The van der Waals surface area contributed by atoms with Crippen LogP contribution in [0.4, 0.5) is 0 Å². The van der Waals surface area contributed by atoms with Crippen LogP contribution in [0.1, 0.15) is 49.3 Å². The molecule has 148 valence electrons. The molecule has 1 heterocycles. The predicted octanol–water partition coefficient (Wildman–Crippen LogP) is 4.55. The molecular formula is C23H26O5. The van der Waals surface area contributed by atoms with Crippen LogP contribution < -0.4 is 9.47 Å². The van der Waals surface area contributed by atoms with Gasteiger partial charge in [0, 0.05) is 0 Å². The molecule has 2 atom stereocenters. The molecular weight excluding hydrogens is 356 g/mol. The number of benzene rings is 2. The van der Waals surface area contributed by atoms with Crippen molar-refractivity contribution in [2.24, 2.45) is 0 Å². The van der Waals surface area contributed by atoms with Crippen LogP contribution in [0, 0.1) is 0 Å². The Labute approximate surface area is 165 Å². The molecule has 0 bridgehead atoms. The third-order valence-corrected chi connectivity index (χ3v) is 5.68. The lowest BCUT2D eigenvalue weighted by Gasteiger charge is -2.24. The fraction of sp³-hybridized carbons (Fsp3) is 0.435. The van der Waals surface area contributed by atoms with Crippen molar-refractivity contribution in [1.82, 2.24) is 0 Å². The van der Waals surface area contributed by atoms with E-state index in [-0.39, 0.29) is 18.2 Å². The zero-order valence-corrected chi connectivity index (χ0v) is 16.4. The number of esters is 1. The Kier molecular flexibility index (Phi) is 5.27. The standard InChI is InChI=1S/C23H26O5/c1-25-18-12-8-16(9-13-18)21-23(28-21,17-10-14-19(26-2)15-11-17)22(24)27-20-6-4-3-5-7-20/h8-15,20-21H,3-7H2,1-2H3. The number of ether oxygens (including phenoxy) is 4. The maximum atomic E-state index is 13.3. The summed E-state index contributed by atoms with van der Waals surface area (Å²) in [5.74, 6) is 1.20. The van der Waals surface area contributed by atoms with Gasteiger partial charge in [-0.3, -0.25) is 0 Å². The summed E-state index contributed by atoms with van der Waals surface area (Å²) >= 11 is 0. The molecule has 2 unspecified atom stereocenters. The van der Waals surface area contributed by atoms with Gasteiger partial charge in [0.15, 0.2) is 0 Å². The molecule has 0 N–H and O–H groups in total. The first kappa shape index (κ1) is 18.8. The highest BCUT2D eigenvalue weighted by Gasteiger charge is 2.66. The SMILES string of the molecule is COc1ccc(C2OC2(C(=O)OC2CCCCC2)c2ccc(OC)cc2)cc1. The van der Waals surface area contributed by atoms with E-state index in [1.165, 1.54) is 6.42 Å². The number of epoxide rings is 1. The van der Waals surface area contributed by atoms with Crippen LogP contribution in [0.25, 0.3) is 0 Å². The Morgan fingerprint density at radius 1 is 0.893 bits per heavy atom. The van der Waals surface area contributed by atoms with E-state index in [0.29, 0.717) is 0 Å². The molecule has 0 amide bonds. The maximum Gasteiger partial charge on any atom is 0.346 e. The van der Waals surface area contributed by atoms with Crippen molar-refractivity contribution >= 4 is 5.97 Å². The van der Waals surface area contributed by atoms with Gasteiger partial charge in [-0.25, -0.2) is 4.79 Å². The van der Waals surface area contributed by atoms with Gasteiger partial charge in [0.25, 0.3) is 0 Å². The van der Waals surface area contributed by atoms with Gasteiger partial charge >= 0.3 is 5.97 Å². The minimum atomic E-state index is -1.10. The molecule has 5 heteroatoms. The molecule has 5 nitrogen and oxygen atoms in total. The Balaban J connectivity index is 1.62. The van der Waals surface area contributed by atoms with E-state index >= 15 is 0 Å². The molecule has 2 fully saturated rings. The molecule has 2 aromatic rings. The van der Waals surface area contributed by atoms with Gasteiger partial charge < -0.3 is 18.9 Å². The lowest BCUT2D eigenvalue weighted by atomic mass is 9.91. The summed E-state index contributed by atoms with van der Waals surface area (Å²) in [5, 5.41) is 0. The van der Waals surface area contributed by atoms with Crippen LogP contribution >= 0.6 is 0 Å². The highest BCUT2D eigenvalue weighted by Crippen LogP contribution is 2.58. The first-order chi connectivity index (χ1) is 13.7. The zero-order valence-electron chi connectivity index (χ0n) is 16.4. The van der Waals surface area contributed by atoms with Crippen molar-refractivity contribution < 1.29 is 23.7 Å². The summed E-state index contributed by atoms with van der Waals surface area (Å²) in [6.07, 6.45) is 4.89. The lowest BCUT2D eigenvalue weighted by molar-refractivity contribution is -0.157. The van der Waals surface area contributed by atoms with Crippen molar-refractivity contribution in [3.05, 3.63) is 59.7 Å². The highest BCUT2D eigenvalue weighted by atomic mass is 16.7. The molecule has 4 rings (SSSR count). The summed E-state index contributed by atoms with van der Waals surface area (Å²) in [6, 6.07) is 15.1. The minimum absolute atomic E-state index is 0.0166. The minimum Gasteiger partial charge on any atom is -0.497 e. The zero-order chi connectivity index (χ0) is 19.6. The van der Waals surface area contributed by atoms with Crippen LogP contribution in [-0.4, -0.2) is 26.3 Å². The molecule has 0 aromatic heterocycles. The summed E-state index contributed by atoms with van der Waals surface area (Å²) in [5.41, 5.74) is 0.616. The number of hydrogen-bond acceptors (Lipinski definition) is 5. The van der Waals surface area contributed by atoms with Crippen LogP contribution in [0.2, 0.25) is 0 Å². The van der Waals surface area contributed by atoms with Gasteiger partial charge in [0.1, 0.15) is 23.7 Å². The van der Waals surface area contributed by atoms with Gasteiger partial charge in [-0.2, -0.15) is 0 Å². The molecule has 2 aromatic carbocycles. The van der Waals surface area contributed by atoms with E-state index < -0.39 is 5.60 Å². The molecule has 1 saturated carbocycles. The first-order valence-electron chi connectivity index (χ1n) is 9.85. The Hall–Kier alpha value is -2.53. The Bertz CT molecular complexity index is 808. The third-order valence-electron chi connectivity index (χ3n) is 5.68. The van der Waals surface area contributed by atoms with Gasteiger partial charge in [-0.1, -0.05) is 30.7 Å². The predicted molar refractivity (Wildman–Crippen MR) is 104 cm³/mol. The second-order valence-electron chi connectivity index (χ2n) is 7.40. The Morgan fingerprint density at radius 2 is 1.46 bits per heavy atom. The second kappa shape index (κ2) is 7.84. The topological polar surface area (TPSA) is 57.3 Å². The number of rotatable bonds is 6. The monoisotopic (exact) mass is 382 g/mol. The van der Waals surface area contributed by atoms with Gasteiger partial charge in [0.2, 0.25) is 5.60 Å². The van der Waals surface area contributed by atoms with Crippen LogP contribution in [0.5, 0.6) is 11.5 Å². The van der Waals surface area contributed by atoms with Gasteiger partial charge in [-0.15, -0.1) is 0 Å². The molecule has 1 aliphatic carbocycles. The van der Waals surface area contributed by atoms with E-state index in [1.807, 2.05) is 48.5 Å². The van der Waals surface area contributed by atoms with E-state index in [9.17, 15) is 4.79 Å². The number of carbonyl (C=O) groups is 1. The van der Waals surface area contributed by atoms with E-state index in [0.717, 1.165) is 48.3 Å². The highest BCUT2D eigenvalue weighted by molar-refractivity contribution is 5.86. The molecule has 28 heavy (non-hydrogen) atoms. The van der Waals surface area contributed by atoms with Crippen molar-refractivity contribution in [1.29, 1.82) is 0 Å². The van der Waals surface area contributed by atoms with Crippen molar-refractivity contribution in [3.63, 3.8) is 0 Å². The number of carbonyl (C=O) groups excluding carboxylic acids is 1. The fourth-order valence-electron chi connectivity index (χ4n) is 3.99. The third kappa shape index (κ3) is 3.47. The Morgan fingerprint density at radius 3 is 2.04 bits per heavy atom. The normalized spacial score (nSPS) is 24.4. The summed E-state index contributed by atoms with van der Waals surface area (Å²) in [6.45, 7) is 0. The van der Waals surface area contributed by atoms with Crippen LogP contribution in [-0.2, 0) is 19.9 Å². The molecule has 1 aliphatic heterocycles. The fourth-order valence-corrected chi connectivity index (χ4v) is 3.99. The van der Waals surface area contributed by atoms with Crippen LogP contribution in [0.15, 0.2) is 48.5 Å². The average molecular weight is 382 g/mol. The summed E-state index contributed by atoms with van der Waals surface area (Å²) < 4.78 is 22.5. The average Bonchev–Trinajstić information content (AvgIpc) is 3.52. The first-order valence-corrected chi connectivity index (χ1v) is 9.85. The number of hydrogen-bond donors (Lipinski definition) is 0. The van der Waals surface area contributed by atoms with Crippen molar-refractivity contribution in [2.45, 2.75) is 49.9 Å². The summed E-state index contributed by atoms with van der Waals surface area (Å²) in [4.78, 5) is 13.3. The van der Waals surface area contributed by atoms with Crippen molar-refractivity contribution in [2.75, 3.05) is 14.2 Å². The van der Waals surface area contributed by atoms with E-state index in [2.05, 4.69) is 0 Å². The smallest absolute Gasteiger partial charge is 0.346 e. The van der Waals surface area contributed by atoms with E-state index in [1.54, 1.807) is 14.2 Å². The van der Waals surface area contributed by atoms with Gasteiger partial charge in [0.05, 0.1) is 14.2 Å². The molecule has 1 saturated heterocycles. The quantitative estimate of drug-likeness (QED) is 0.542. The number of methoxy groups -OCH3 is 2. The summed E-state index contributed by atoms with van der Waals surface area (Å²) in [7, 11) is 3.25. The van der Waals surface area contributed by atoms with Crippen molar-refractivity contribution in [3.8, 4) is 11.5 Å². The van der Waals surface area contributed by atoms with Crippen LogP contribution in [0.3, 0.4) is 0 Å². The molecule has 0 spiro atoms. The maximum absolute atomic E-state index is 13.3. The molecule has 0 radical (unpaired) electrons. The van der Waals surface area contributed by atoms with Gasteiger partial charge in [-0.05, 0) is 61.1 Å².